The van der Waals surface area contributed by atoms with Crippen molar-refractivity contribution in [1.82, 2.24) is 14.9 Å². The van der Waals surface area contributed by atoms with E-state index in [0.29, 0.717) is 29.1 Å². The first kappa shape index (κ1) is 17.1. The average Bonchev–Trinajstić information content (AvgIpc) is 2.99. The number of thioether (sulfide) groups is 1. The predicted molar refractivity (Wildman–Crippen MR) is 94.8 cm³/mol. The van der Waals surface area contributed by atoms with Crippen LogP contribution in [-0.4, -0.2) is 34.3 Å². The second kappa shape index (κ2) is 7.89. The van der Waals surface area contributed by atoms with E-state index in [1.807, 2.05) is 24.3 Å². The summed E-state index contributed by atoms with van der Waals surface area (Å²) in [6.45, 7) is 0.402. The molecule has 0 fully saturated rings. The molecule has 0 amide bonds. The van der Waals surface area contributed by atoms with Crippen molar-refractivity contribution < 1.29 is 13.9 Å². The SMILES string of the molecule is COc1ccc(-c2nnc(SCCOc3cccc(F)c3)n2N)cc1. The molecule has 130 valence electrons. The van der Waals surface area contributed by atoms with E-state index < -0.39 is 0 Å². The van der Waals surface area contributed by atoms with Crippen LogP contribution in [0.2, 0.25) is 0 Å². The molecule has 0 saturated carbocycles. The third-order valence-electron chi connectivity index (χ3n) is 3.39. The Morgan fingerprint density at radius 3 is 2.64 bits per heavy atom. The van der Waals surface area contributed by atoms with Gasteiger partial charge in [-0.1, -0.05) is 17.8 Å². The number of aromatic nitrogens is 3. The number of hydrogen-bond donors (Lipinski definition) is 1. The smallest absolute Gasteiger partial charge is 0.210 e. The molecule has 8 heteroatoms. The topological polar surface area (TPSA) is 75.2 Å². The summed E-state index contributed by atoms with van der Waals surface area (Å²) in [6.07, 6.45) is 0. The van der Waals surface area contributed by atoms with Gasteiger partial charge < -0.3 is 15.3 Å². The molecule has 0 aliphatic rings. The van der Waals surface area contributed by atoms with Gasteiger partial charge in [-0.05, 0) is 36.4 Å². The summed E-state index contributed by atoms with van der Waals surface area (Å²) in [5, 5.41) is 8.80. The van der Waals surface area contributed by atoms with Crippen molar-refractivity contribution in [2.45, 2.75) is 5.16 Å². The van der Waals surface area contributed by atoms with Crippen LogP contribution in [0.4, 0.5) is 4.39 Å². The Balaban J connectivity index is 1.57. The molecule has 6 nitrogen and oxygen atoms in total. The van der Waals surface area contributed by atoms with Gasteiger partial charge in [0.1, 0.15) is 17.3 Å². The minimum absolute atomic E-state index is 0.323. The highest BCUT2D eigenvalue weighted by molar-refractivity contribution is 7.99. The first-order valence-electron chi connectivity index (χ1n) is 7.53. The van der Waals surface area contributed by atoms with Crippen LogP contribution in [0.15, 0.2) is 53.7 Å². The Hall–Kier alpha value is -2.74. The molecule has 0 atom stereocenters. The Bertz CT molecular complexity index is 839. The van der Waals surface area contributed by atoms with Crippen molar-refractivity contribution >= 4 is 11.8 Å². The van der Waals surface area contributed by atoms with Gasteiger partial charge >= 0.3 is 0 Å². The Morgan fingerprint density at radius 1 is 1.12 bits per heavy atom. The Kier molecular flexibility index (Phi) is 5.39. The number of benzene rings is 2. The fraction of sp³-hybridized carbons (Fsp3) is 0.176. The number of nitrogen functional groups attached to an aromatic ring is 1. The highest BCUT2D eigenvalue weighted by atomic mass is 32.2. The van der Waals surface area contributed by atoms with Crippen LogP contribution in [0.3, 0.4) is 0 Å². The van der Waals surface area contributed by atoms with Gasteiger partial charge in [0, 0.05) is 17.4 Å². The lowest BCUT2D eigenvalue weighted by molar-refractivity contribution is 0.342. The molecule has 1 aromatic heterocycles. The van der Waals surface area contributed by atoms with E-state index in [2.05, 4.69) is 10.2 Å². The van der Waals surface area contributed by atoms with Gasteiger partial charge in [0.25, 0.3) is 0 Å². The molecule has 0 aliphatic heterocycles. The van der Waals surface area contributed by atoms with E-state index in [1.165, 1.54) is 28.6 Å². The molecule has 0 spiro atoms. The minimum atomic E-state index is -0.323. The van der Waals surface area contributed by atoms with E-state index in [1.54, 1.807) is 19.2 Å². The highest BCUT2D eigenvalue weighted by Gasteiger charge is 2.12. The van der Waals surface area contributed by atoms with Crippen molar-refractivity contribution in [2.24, 2.45) is 0 Å². The number of hydrogen-bond acceptors (Lipinski definition) is 6. The summed E-state index contributed by atoms with van der Waals surface area (Å²) in [5.41, 5.74) is 0.846. The van der Waals surface area contributed by atoms with Gasteiger partial charge in [0.15, 0.2) is 5.82 Å². The molecule has 2 aromatic carbocycles. The van der Waals surface area contributed by atoms with Crippen LogP contribution in [0, 0.1) is 5.82 Å². The number of halogens is 1. The van der Waals surface area contributed by atoms with E-state index in [0.717, 1.165) is 11.3 Å². The molecule has 2 N–H and O–H groups in total. The number of ether oxygens (including phenoxy) is 2. The zero-order valence-electron chi connectivity index (χ0n) is 13.6. The molecular formula is C17H17FN4O2S. The second-order valence-corrected chi connectivity index (χ2v) is 6.12. The standard InChI is InChI=1S/C17H17FN4O2S/c1-23-14-7-5-12(6-8-14)16-20-21-17(22(16)19)25-10-9-24-15-4-2-3-13(18)11-15/h2-8,11H,9-10,19H2,1H3. The van der Waals surface area contributed by atoms with E-state index in [-0.39, 0.29) is 5.82 Å². The molecule has 1 heterocycles. The third-order valence-corrected chi connectivity index (χ3v) is 4.30. The predicted octanol–water partition coefficient (Wildman–Crippen LogP) is 2.98. The number of methoxy groups -OCH3 is 1. The molecule has 0 aliphatic carbocycles. The second-order valence-electron chi connectivity index (χ2n) is 5.06. The summed E-state index contributed by atoms with van der Waals surface area (Å²) >= 11 is 1.41. The maximum absolute atomic E-state index is 13.1. The monoisotopic (exact) mass is 360 g/mol. The third kappa shape index (κ3) is 4.21. The molecule has 25 heavy (non-hydrogen) atoms. The van der Waals surface area contributed by atoms with Crippen molar-refractivity contribution in [3.8, 4) is 22.9 Å². The van der Waals surface area contributed by atoms with Gasteiger partial charge in [-0.25, -0.2) is 9.07 Å². The summed E-state index contributed by atoms with van der Waals surface area (Å²) < 4.78 is 25.1. The molecular weight excluding hydrogens is 343 g/mol. The van der Waals surface area contributed by atoms with Gasteiger partial charge in [0.05, 0.1) is 13.7 Å². The Labute approximate surface area is 148 Å². The molecule has 0 bridgehead atoms. The fourth-order valence-electron chi connectivity index (χ4n) is 2.16. The normalized spacial score (nSPS) is 10.6. The van der Waals surface area contributed by atoms with Gasteiger partial charge in [-0.3, -0.25) is 0 Å². The zero-order valence-corrected chi connectivity index (χ0v) is 14.4. The largest absolute Gasteiger partial charge is 0.497 e. The lowest BCUT2D eigenvalue weighted by atomic mass is 10.2. The van der Waals surface area contributed by atoms with Crippen LogP contribution in [0.1, 0.15) is 0 Å². The number of rotatable bonds is 7. The first-order chi connectivity index (χ1) is 12.2. The molecule has 3 rings (SSSR count). The molecule has 0 saturated heterocycles. The van der Waals surface area contributed by atoms with Crippen LogP contribution >= 0.6 is 11.8 Å². The lowest BCUT2D eigenvalue weighted by Gasteiger charge is -2.06. The maximum Gasteiger partial charge on any atom is 0.210 e. The van der Waals surface area contributed by atoms with Crippen LogP contribution < -0.4 is 15.3 Å². The first-order valence-corrected chi connectivity index (χ1v) is 8.52. The van der Waals surface area contributed by atoms with Crippen molar-refractivity contribution in [2.75, 3.05) is 25.3 Å². The Morgan fingerprint density at radius 2 is 1.92 bits per heavy atom. The van der Waals surface area contributed by atoms with Crippen molar-refractivity contribution in [3.63, 3.8) is 0 Å². The average molecular weight is 360 g/mol. The quantitative estimate of drug-likeness (QED) is 0.397. The van der Waals surface area contributed by atoms with Gasteiger partial charge in [-0.15, -0.1) is 10.2 Å². The lowest BCUT2D eigenvalue weighted by Crippen LogP contribution is -2.12. The fourth-order valence-corrected chi connectivity index (χ4v) is 2.84. The molecule has 0 unspecified atom stereocenters. The van der Waals surface area contributed by atoms with Crippen LogP contribution in [0.5, 0.6) is 11.5 Å². The van der Waals surface area contributed by atoms with Crippen LogP contribution in [0.25, 0.3) is 11.4 Å². The van der Waals surface area contributed by atoms with E-state index in [9.17, 15) is 4.39 Å². The summed E-state index contributed by atoms with van der Waals surface area (Å²) in [7, 11) is 1.61. The summed E-state index contributed by atoms with van der Waals surface area (Å²) in [5.74, 6) is 8.17. The summed E-state index contributed by atoms with van der Waals surface area (Å²) in [4.78, 5) is 0. The molecule has 0 radical (unpaired) electrons. The zero-order chi connectivity index (χ0) is 17.6. The van der Waals surface area contributed by atoms with Crippen molar-refractivity contribution in [3.05, 3.63) is 54.3 Å². The summed E-state index contributed by atoms with van der Waals surface area (Å²) in [6, 6.07) is 13.4. The van der Waals surface area contributed by atoms with Gasteiger partial charge in [-0.2, -0.15) is 0 Å². The maximum atomic E-state index is 13.1. The van der Waals surface area contributed by atoms with E-state index >= 15 is 0 Å². The minimum Gasteiger partial charge on any atom is -0.497 e. The van der Waals surface area contributed by atoms with Gasteiger partial charge in [0.2, 0.25) is 5.16 Å². The molecule has 3 aromatic rings. The number of nitrogens with two attached hydrogens (primary N) is 1. The van der Waals surface area contributed by atoms with E-state index in [4.69, 9.17) is 15.3 Å². The number of nitrogens with zero attached hydrogens (tertiary/aromatic N) is 3. The van der Waals surface area contributed by atoms with Crippen molar-refractivity contribution in [1.29, 1.82) is 0 Å². The van der Waals surface area contributed by atoms with Crippen LogP contribution in [-0.2, 0) is 0 Å². The highest BCUT2D eigenvalue weighted by Crippen LogP contribution is 2.23.